The zero-order chi connectivity index (χ0) is 18.0. The fourth-order valence-corrected chi connectivity index (χ4v) is 2.83. The molecule has 2 aromatic heterocycles. The van der Waals surface area contributed by atoms with E-state index in [0.29, 0.717) is 36.4 Å². The summed E-state index contributed by atoms with van der Waals surface area (Å²) in [5.41, 5.74) is 0.230. The van der Waals surface area contributed by atoms with Crippen LogP contribution in [-0.4, -0.2) is 54.8 Å². The minimum absolute atomic E-state index is 0.239. The van der Waals surface area contributed by atoms with Crippen LogP contribution in [0.5, 0.6) is 0 Å². The lowest BCUT2D eigenvalue weighted by molar-refractivity contribution is 0.0183. The fourth-order valence-electron chi connectivity index (χ4n) is 2.83. The summed E-state index contributed by atoms with van der Waals surface area (Å²) in [6.07, 6.45) is 3.89. The topological polar surface area (TPSA) is 99.2 Å². The normalized spacial score (nSPS) is 16.2. The summed E-state index contributed by atoms with van der Waals surface area (Å²) < 4.78 is 12.3. The monoisotopic (exact) mass is 348 g/mol. The van der Waals surface area contributed by atoms with Crippen LogP contribution in [0.3, 0.4) is 0 Å². The van der Waals surface area contributed by atoms with Gasteiger partial charge in [-0.3, -0.25) is 0 Å². The van der Waals surface area contributed by atoms with Gasteiger partial charge < -0.3 is 14.2 Å². The van der Waals surface area contributed by atoms with Crippen molar-refractivity contribution in [1.29, 1.82) is 0 Å². The standard InChI is InChI=1S/C16H24N6O3/c1-16(2,3)24-15(23)22-7-5-11(6-8-22)9-13-18-14(25-19-13)12-10-17-20-21(12)4/h10-11H,5-9H2,1-4H3. The fraction of sp³-hybridized carbons (Fsp3) is 0.688. The molecule has 1 saturated heterocycles. The Morgan fingerprint density at radius 3 is 2.68 bits per heavy atom. The van der Waals surface area contributed by atoms with Crippen molar-refractivity contribution >= 4 is 6.09 Å². The molecular weight excluding hydrogens is 324 g/mol. The summed E-state index contributed by atoms with van der Waals surface area (Å²) >= 11 is 0. The van der Waals surface area contributed by atoms with E-state index < -0.39 is 5.60 Å². The van der Waals surface area contributed by atoms with Crippen molar-refractivity contribution < 1.29 is 14.1 Å². The third kappa shape index (κ3) is 4.34. The van der Waals surface area contributed by atoms with E-state index in [1.54, 1.807) is 22.8 Å². The molecule has 0 atom stereocenters. The first kappa shape index (κ1) is 17.4. The van der Waals surface area contributed by atoms with Crippen molar-refractivity contribution in [2.45, 2.75) is 45.6 Å². The Balaban J connectivity index is 1.52. The number of hydrogen-bond acceptors (Lipinski definition) is 7. The molecule has 3 rings (SSSR count). The van der Waals surface area contributed by atoms with Crippen LogP contribution in [0.1, 0.15) is 39.4 Å². The molecule has 0 bridgehead atoms. The minimum atomic E-state index is -0.463. The molecule has 0 unspecified atom stereocenters. The van der Waals surface area contributed by atoms with Crippen LogP contribution in [0.4, 0.5) is 4.79 Å². The average molecular weight is 348 g/mol. The summed E-state index contributed by atoms with van der Waals surface area (Å²) in [7, 11) is 1.78. The summed E-state index contributed by atoms with van der Waals surface area (Å²) in [6.45, 7) is 7.02. The van der Waals surface area contributed by atoms with Gasteiger partial charge in [-0.2, -0.15) is 4.98 Å². The maximum atomic E-state index is 12.1. The third-order valence-corrected chi connectivity index (χ3v) is 4.14. The second-order valence-corrected chi connectivity index (χ2v) is 7.37. The van der Waals surface area contributed by atoms with Crippen LogP contribution in [0, 0.1) is 5.92 Å². The van der Waals surface area contributed by atoms with E-state index in [1.807, 2.05) is 20.8 Å². The van der Waals surface area contributed by atoms with E-state index >= 15 is 0 Å². The Kier molecular flexibility index (Phi) is 4.73. The second kappa shape index (κ2) is 6.81. The predicted octanol–water partition coefficient (Wildman–Crippen LogP) is 2.05. The molecule has 1 fully saturated rings. The molecule has 1 amide bonds. The van der Waals surface area contributed by atoms with Gasteiger partial charge in [-0.05, 0) is 39.5 Å². The molecule has 0 aliphatic carbocycles. The second-order valence-electron chi connectivity index (χ2n) is 7.37. The molecule has 1 aliphatic heterocycles. The molecule has 3 heterocycles. The van der Waals surface area contributed by atoms with E-state index in [4.69, 9.17) is 9.26 Å². The van der Waals surface area contributed by atoms with Crippen molar-refractivity contribution in [3.63, 3.8) is 0 Å². The highest BCUT2D eigenvalue weighted by Gasteiger charge is 2.27. The molecule has 0 radical (unpaired) electrons. The van der Waals surface area contributed by atoms with E-state index in [0.717, 1.165) is 19.3 Å². The Hall–Kier alpha value is -2.45. The smallest absolute Gasteiger partial charge is 0.410 e. The molecule has 0 N–H and O–H groups in total. The van der Waals surface area contributed by atoms with Gasteiger partial charge in [-0.1, -0.05) is 10.4 Å². The van der Waals surface area contributed by atoms with Gasteiger partial charge in [0.15, 0.2) is 5.82 Å². The zero-order valence-corrected chi connectivity index (χ0v) is 15.1. The van der Waals surface area contributed by atoms with Gasteiger partial charge in [0.2, 0.25) is 0 Å². The van der Waals surface area contributed by atoms with E-state index in [-0.39, 0.29) is 6.09 Å². The summed E-state index contributed by atoms with van der Waals surface area (Å²) in [6, 6.07) is 0. The molecule has 2 aromatic rings. The molecule has 9 nitrogen and oxygen atoms in total. The molecule has 0 saturated carbocycles. The molecule has 136 valence electrons. The number of ether oxygens (including phenoxy) is 1. The number of hydrogen-bond donors (Lipinski definition) is 0. The van der Waals surface area contributed by atoms with Crippen LogP contribution in [-0.2, 0) is 18.2 Å². The molecule has 0 aromatic carbocycles. The SMILES string of the molecule is Cn1nncc1-c1nc(CC2CCN(C(=O)OC(C)(C)C)CC2)no1. The molecule has 0 spiro atoms. The highest BCUT2D eigenvalue weighted by atomic mass is 16.6. The van der Waals surface area contributed by atoms with Crippen LogP contribution >= 0.6 is 0 Å². The van der Waals surface area contributed by atoms with Gasteiger partial charge in [0.1, 0.15) is 11.3 Å². The maximum Gasteiger partial charge on any atom is 0.410 e. The summed E-state index contributed by atoms with van der Waals surface area (Å²) in [5, 5.41) is 11.7. The lowest BCUT2D eigenvalue weighted by atomic mass is 9.93. The van der Waals surface area contributed by atoms with Crippen molar-refractivity contribution in [1.82, 2.24) is 30.0 Å². The number of piperidine rings is 1. The van der Waals surface area contributed by atoms with Crippen molar-refractivity contribution in [2.75, 3.05) is 13.1 Å². The minimum Gasteiger partial charge on any atom is -0.444 e. The molecular formula is C16H24N6O3. The molecule has 9 heteroatoms. The largest absolute Gasteiger partial charge is 0.444 e. The van der Waals surface area contributed by atoms with Crippen LogP contribution < -0.4 is 0 Å². The van der Waals surface area contributed by atoms with E-state index in [1.165, 1.54) is 0 Å². The van der Waals surface area contributed by atoms with Gasteiger partial charge in [-0.25, -0.2) is 9.48 Å². The highest BCUT2D eigenvalue weighted by Crippen LogP contribution is 2.23. The third-order valence-electron chi connectivity index (χ3n) is 4.14. The van der Waals surface area contributed by atoms with Crippen molar-refractivity contribution in [3.8, 4) is 11.6 Å². The number of aromatic nitrogens is 5. The van der Waals surface area contributed by atoms with E-state index in [2.05, 4.69) is 20.5 Å². The van der Waals surface area contributed by atoms with Crippen molar-refractivity contribution in [2.24, 2.45) is 13.0 Å². The number of carbonyl (C=O) groups is 1. The maximum absolute atomic E-state index is 12.1. The van der Waals surface area contributed by atoms with Gasteiger partial charge >= 0.3 is 6.09 Å². The molecule has 25 heavy (non-hydrogen) atoms. The van der Waals surface area contributed by atoms with Crippen LogP contribution in [0.25, 0.3) is 11.6 Å². The lowest BCUT2D eigenvalue weighted by Crippen LogP contribution is -2.42. The van der Waals surface area contributed by atoms with E-state index in [9.17, 15) is 4.79 Å². The number of likely N-dealkylation sites (tertiary alicyclic amines) is 1. The first-order chi connectivity index (χ1) is 11.8. The predicted molar refractivity (Wildman–Crippen MR) is 88.5 cm³/mol. The summed E-state index contributed by atoms with van der Waals surface area (Å²) in [4.78, 5) is 18.3. The number of rotatable bonds is 3. The Labute approximate surface area is 146 Å². The van der Waals surface area contributed by atoms with Gasteiger partial charge in [0.05, 0.1) is 6.20 Å². The first-order valence-electron chi connectivity index (χ1n) is 8.47. The Morgan fingerprint density at radius 2 is 2.08 bits per heavy atom. The summed E-state index contributed by atoms with van der Waals surface area (Å²) in [5.74, 6) is 1.52. The average Bonchev–Trinajstić information content (AvgIpc) is 3.15. The first-order valence-corrected chi connectivity index (χ1v) is 8.47. The number of nitrogens with zero attached hydrogens (tertiary/aromatic N) is 6. The lowest BCUT2D eigenvalue weighted by Gasteiger charge is -2.33. The number of amides is 1. The van der Waals surface area contributed by atoms with Crippen LogP contribution in [0.2, 0.25) is 0 Å². The zero-order valence-electron chi connectivity index (χ0n) is 15.1. The Morgan fingerprint density at radius 1 is 1.36 bits per heavy atom. The Bertz CT molecular complexity index is 724. The van der Waals surface area contributed by atoms with Gasteiger partial charge in [0.25, 0.3) is 5.89 Å². The van der Waals surface area contributed by atoms with Gasteiger partial charge in [0, 0.05) is 26.6 Å². The number of carbonyl (C=O) groups excluding carboxylic acids is 1. The number of aryl methyl sites for hydroxylation is 1. The quantitative estimate of drug-likeness (QED) is 0.837. The van der Waals surface area contributed by atoms with Crippen molar-refractivity contribution in [3.05, 3.63) is 12.0 Å². The van der Waals surface area contributed by atoms with Gasteiger partial charge in [-0.15, -0.1) is 5.10 Å². The molecule has 1 aliphatic rings. The van der Waals surface area contributed by atoms with Crippen LogP contribution in [0.15, 0.2) is 10.7 Å². The highest BCUT2D eigenvalue weighted by molar-refractivity contribution is 5.68.